The molecule has 8 nitrogen and oxygen atoms in total. The second kappa shape index (κ2) is 7.85. The van der Waals surface area contributed by atoms with Crippen LogP contribution in [-0.4, -0.2) is 41.7 Å². The molecule has 1 aromatic rings. The van der Waals surface area contributed by atoms with E-state index in [1.165, 1.54) is 37.1 Å². The van der Waals surface area contributed by atoms with Crippen molar-refractivity contribution in [3.8, 4) is 0 Å². The Morgan fingerprint density at radius 2 is 1.77 bits per heavy atom. The second-order valence-electron chi connectivity index (χ2n) is 9.32. The highest BCUT2D eigenvalue weighted by atomic mass is 32.2. The number of hydrogen-bond donors (Lipinski definition) is 3. The summed E-state index contributed by atoms with van der Waals surface area (Å²) in [7, 11) is 0. The lowest BCUT2D eigenvalue weighted by Gasteiger charge is -2.56. The molecule has 31 heavy (non-hydrogen) atoms. The van der Waals surface area contributed by atoms with E-state index in [2.05, 4.69) is 16.0 Å². The fraction of sp³-hybridized carbons (Fsp3) is 0.545. The Morgan fingerprint density at radius 1 is 1.10 bits per heavy atom. The van der Waals surface area contributed by atoms with E-state index >= 15 is 0 Å². The summed E-state index contributed by atoms with van der Waals surface area (Å²) in [5.41, 5.74) is 0.587. The van der Waals surface area contributed by atoms with Crippen LogP contribution in [0.2, 0.25) is 0 Å². The lowest BCUT2D eigenvalue weighted by Crippen LogP contribution is -2.62. The summed E-state index contributed by atoms with van der Waals surface area (Å²) in [5.74, 6) is 0.894. The number of fused-ring (bicyclic) bond motifs is 1. The van der Waals surface area contributed by atoms with Crippen molar-refractivity contribution in [1.82, 2.24) is 10.6 Å². The van der Waals surface area contributed by atoms with Crippen LogP contribution < -0.4 is 16.0 Å². The first-order chi connectivity index (χ1) is 14.9. The molecule has 4 bridgehead atoms. The molecule has 0 radical (unpaired) electrons. The molecule has 3 N–H and O–H groups in total. The summed E-state index contributed by atoms with van der Waals surface area (Å²) in [4.78, 5) is 49.2. The minimum Gasteiger partial charge on any atom is -0.452 e. The molecule has 4 aliphatic carbocycles. The number of esters is 1. The average Bonchev–Trinajstić information content (AvgIpc) is 2.69. The third-order valence-corrected chi connectivity index (χ3v) is 7.93. The zero-order valence-electron chi connectivity index (χ0n) is 17.1. The molecule has 1 heterocycles. The number of amides is 4. The number of nitrogens with one attached hydrogen (secondary N) is 3. The number of carbonyl (C=O) groups excluding carboxylic acids is 4. The van der Waals surface area contributed by atoms with Crippen LogP contribution >= 0.6 is 11.8 Å². The third kappa shape index (κ3) is 4.28. The Morgan fingerprint density at radius 3 is 2.45 bits per heavy atom. The van der Waals surface area contributed by atoms with E-state index in [4.69, 9.17) is 4.74 Å². The van der Waals surface area contributed by atoms with Crippen molar-refractivity contribution < 1.29 is 23.9 Å². The Labute approximate surface area is 184 Å². The molecule has 1 aliphatic heterocycles. The highest BCUT2D eigenvalue weighted by Crippen LogP contribution is 2.55. The highest BCUT2D eigenvalue weighted by Gasteiger charge is 2.51. The van der Waals surface area contributed by atoms with Crippen molar-refractivity contribution in [2.75, 3.05) is 17.7 Å². The third-order valence-electron chi connectivity index (χ3n) is 6.85. The minimum absolute atomic E-state index is 0.132. The molecule has 0 unspecified atom stereocenters. The minimum atomic E-state index is -0.690. The van der Waals surface area contributed by atoms with Crippen LogP contribution in [0.4, 0.5) is 10.5 Å². The van der Waals surface area contributed by atoms with Crippen molar-refractivity contribution in [3.63, 3.8) is 0 Å². The monoisotopic (exact) mass is 443 g/mol. The molecule has 6 rings (SSSR count). The molecule has 4 amide bonds. The molecule has 5 aliphatic rings. The van der Waals surface area contributed by atoms with Crippen molar-refractivity contribution in [1.29, 1.82) is 0 Å². The van der Waals surface area contributed by atoms with Gasteiger partial charge < -0.3 is 15.4 Å². The maximum Gasteiger partial charge on any atom is 0.338 e. The number of thioether (sulfide) groups is 1. The summed E-state index contributed by atoms with van der Waals surface area (Å²) in [6.45, 7) is -0.550. The van der Waals surface area contributed by atoms with E-state index in [1.807, 2.05) is 0 Å². The lowest BCUT2D eigenvalue weighted by atomic mass is 9.53. The summed E-state index contributed by atoms with van der Waals surface area (Å²) in [6.07, 6.45) is 6.77. The van der Waals surface area contributed by atoms with Crippen LogP contribution in [0, 0.1) is 17.8 Å². The van der Waals surface area contributed by atoms with Gasteiger partial charge in [-0.15, -0.1) is 11.8 Å². The second-order valence-corrected chi connectivity index (χ2v) is 10.3. The maximum atomic E-state index is 12.4. The molecule has 4 fully saturated rings. The fourth-order valence-electron chi connectivity index (χ4n) is 6.12. The number of imide groups is 1. The molecule has 164 valence electrons. The van der Waals surface area contributed by atoms with Gasteiger partial charge in [-0.3, -0.25) is 14.9 Å². The smallest absolute Gasteiger partial charge is 0.338 e. The van der Waals surface area contributed by atoms with Crippen molar-refractivity contribution >= 4 is 41.3 Å². The number of rotatable bonds is 4. The van der Waals surface area contributed by atoms with Gasteiger partial charge in [0.25, 0.3) is 5.91 Å². The van der Waals surface area contributed by atoms with Crippen molar-refractivity contribution in [3.05, 3.63) is 23.8 Å². The van der Waals surface area contributed by atoms with Gasteiger partial charge in [0.1, 0.15) is 0 Å². The summed E-state index contributed by atoms with van der Waals surface area (Å²) < 4.78 is 5.05. The zero-order valence-corrected chi connectivity index (χ0v) is 17.9. The number of benzene rings is 1. The van der Waals surface area contributed by atoms with Gasteiger partial charge in [0.05, 0.1) is 17.0 Å². The SMILES string of the molecule is O=C(COC(=O)c1ccc2c(c1)NC(=O)CS2)NC(=O)NC12CC3CC(CC(C3)C1)C2. The van der Waals surface area contributed by atoms with E-state index in [1.54, 1.807) is 12.1 Å². The van der Waals surface area contributed by atoms with Gasteiger partial charge in [-0.2, -0.15) is 0 Å². The van der Waals surface area contributed by atoms with Crippen LogP contribution in [-0.2, 0) is 14.3 Å². The van der Waals surface area contributed by atoms with Crippen LogP contribution in [0.25, 0.3) is 0 Å². The molecule has 1 aromatic carbocycles. The van der Waals surface area contributed by atoms with Crippen LogP contribution in [0.1, 0.15) is 48.9 Å². The average molecular weight is 444 g/mol. The molecule has 4 saturated carbocycles. The van der Waals surface area contributed by atoms with Crippen molar-refractivity contribution in [2.24, 2.45) is 17.8 Å². The number of anilines is 1. The van der Waals surface area contributed by atoms with Gasteiger partial charge >= 0.3 is 12.0 Å². The van der Waals surface area contributed by atoms with Gasteiger partial charge in [-0.25, -0.2) is 9.59 Å². The molecular formula is C22H25N3O5S. The number of ether oxygens (including phenoxy) is 1. The summed E-state index contributed by atoms with van der Waals surface area (Å²) in [6, 6.07) is 4.33. The first kappa shape index (κ1) is 20.4. The van der Waals surface area contributed by atoms with E-state index < -0.39 is 24.5 Å². The largest absolute Gasteiger partial charge is 0.452 e. The van der Waals surface area contributed by atoms with Gasteiger partial charge in [-0.05, 0) is 74.5 Å². The van der Waals surface area contributed by atoms with Gasteiger partial charge in [0, 0.05) is 10.4 Å². The van der Waals surface area contributed by atoms with Crippen LogP contribution in [0.15, 0.2) is 23.1 Å². The topological polar surface area (TPSA) is 114 Å². The Kier molecular flexibility index (Phi) is 5.16. The van der Waals surface area contributed by atoms with E-state index in [9.17, 15) is 19.2 Å². The normalized spacial score (nSPS) is 30.2. The maximum absolute atomic E-state index is 12.4. The lowest BCUT2D eigenvalue weighted by molar-refractivity contribution is -0.123. The van der Waals surface area contributed by atoms with E-state index in [0.29, 0.717) is 29.2 Å². The number of hydrogen-bond acceptors (Lipinski definition) is 6. The molecule has 0 saturated heterocycles. The standard InChI is InChI=1S/C22H25N3O5S/c26-18(10-30-20(28)15-1-2-17-16(6-15)23-19(27)11-31-17)24-21(29)25-22-7-12-3-13(8-22)5-14(4-12)9-22/h1-2,6,12-14H,3-5,7-11H2,(H,23,27)(H2,24,25,26,29). The molecule has 0 aromatic heterocycles. The Bertz CT molecular complexity index is 927. The van der Waals surface area contributed by atoms with Crippen LogP contribution in [0.3, 0.4) is 0 Å². The molecular weight excluding hydrogens is 418 g/mol. The van der Waals surface area contributed by atoms with Crippen LogP contribution in [0.5, 0.6) is 0 Å². The number of urea groups is 1. The van der Waals surface area contributed by atoms with Gasteiger partial charge in [-0.1, -0.05) is 0 Å². The quantitative estimate of drug-likeness (QED) is 0.617. The van der Waals surface area contributed by atoms with Crippen molar-refractivity contribution in [2.45, 2.75) is 49.0 Å². The highest BCUT2D eigenvalue weighted by molar-refractivity contribution is 8.00. The van der Waals surface area contributed by atoms with Gasteiger partial charge in [0.15, 0.2) is 6.61 Å². The molecule has 9 heteroatoms. The van der Waals surface area contributed by atoms with Gasteiger partial charge in [0.2, 0.25) is 5.91 Å². The zero-order chi connectivity index (χ0) is 21.6. The first-order valence-corrected chi connectivity index (χ1v) is 11.7. The predicted octanol–water partition coefficient (Wildman–Crippen LogP) is 2.68. The van der Waals surface area contributed by atoms with E-state index in [-0.39, 0.29) is 17.0 Å². The fourth-order valence-corrected chi connectivity index (χ4v) is 6.91. The Hall–Kier alpha value is -2.55. The van der Waals surface area contributed by atoms with E-state index in [0.717, 1.165) is 24.2 Å². The summed E-state index contributed by atoms with van der Waals surface area (Å²) >= 11 is 1.39. The predicted molar refractivity (Wildman–Crippen MR) is 114 cm³/mol. The summed E-state index contributed by atoms with van der Waals surface area (Å²) in [5, 5.41) is 8.06. The first-order valence-electron chi connectivity index (χ1n) is 10.7. The number of carbonyl (C=O) groups is 4. The molecule has 0 atom stereocenters. The molecule has 0 spiro atoms. The Balaban J connectivity index is 1.12.